The molecule has 0 spiro atoms. The van der Waals surface area contributed by atoms with E-state index in [0.717, 1.165) is 31.2 Å². The van der Waals surface area contributed by atoms with E-state index in [2.05, 4.69) is 5.32 Å². The zero-order valence-electron chi connectivity index (χ0n) is 11.1. The number of hydrogen-bond acceptors (Lipinski definition) is 4. The number of hydrogen-bond donors (Lipinski definition) is 3. The summed E-state index contributed by atoms with van der Waals surface area (Å²) in [6.45, 7) is 0.256. The van der Waals surface area contributed by atoms with Crippen molar-refractivity contribution in [3.63, 3.8) is 0 Å². The van der Waals surface area contributed by atoms with Crippen LogP contribution < -0.4 is 11.1 Å². The molecule has 1 aromatic rings. The highest BCUT2D eigenvalue weighted by Gasteiger charge is 2.29. The molecule has 0 aromatic carbocycles. The van der Waals surface area contributed by atoms with Gasteiger partial charge in [0.2, 0.25) is 5.91 Å². The molecule has 1 heterocycles. The molecule has 1 aromatic heterocycles. The minimum Gasteiger partial charge on any atom is -0.387 e. The lowest BCUT2D eigenvalue weighted by Gasteiger charge is -2.32. The van der Waals surface area contributed by atoms with Gasteiger partial charge in [-0.05, 0) is 35.2 Å². The third kappa shape index (κ3) is 4.30. The summed E-state index contributed by atoms with van der Waals surface area (Å²) in [4.78, 5) is 11.9. The summed E-state index contributed by atoms with van der Waals surface area (Å²) in [5.74, 6) is -0.0568. The normalized spacial score (nSPS) is 19.9. The molecule has 1 unspecified atom stereocenters. The first-order chi connectivity index (χ1) is 9.09. The summed E-state index contributed by atoms with van der Waals surface area (Å²) in [7, 11) is 0. The quantitative estimate of drug-likeness (QED) is 0.772. The number of amides is 1. The molecule has 0 saturated heterocycles. The molecule has 5 heteroatoms. The van der Waals surface area contributed by atoms with Crippen molar-refractivity contribution in [3.05, 3.63) is 22.4 Å². The van der Waals surface area contributed by atoms with Gasteiger partial charge in [0, 0.05) is 18.5 Å². The Morgan fingerprint density at radius 3 is 2.84 bits per heavy atom. The molecular formula is C14H22N2O2S. The van der Waals surface area contributed by atoms with Crippen molar-refractivity contribution in [2.24, 2.45) is 5.73 Å². The van der Waals surface area contributed by atoms with Crippen LogP contribution in [-0.4, -0.2) is 23.1 Å². The van der Waals surface area contributed by atoms with E-state index in [1.807, 2.05) is 16.8 Å². The number of carbonyl (C=O) groups excluding carboxylic acids is 1. The Morgan fingerprint density at radius 1 is 1.47 bits per heavy atom. The lowest BCUT2D eigenvalue weighted by molar-refractivity contribution is -0.123. The molecule has 19 heavy (non-hydrogen) atoms. The third-order valence-electron chi connectivity index (χ3n) is 3.78. The van der Waals surface area contributed by atoms with Gasteiger partial charge < -0.3 is 16.2 Å². The van der Waals surface area contributed by atoms with E-state index in [0.29, 0.717) is 6.42 Å². The summed E-state index contributed by atoms with van der Waals surface area (Å²) >= 11 is 1.54. The molecule has 1 saturated carbocycles. The molecule has 1 atom stereocenters. The number of nitrogens with one attached hydrogen (secondary N) is 1. The second kappa shape index (κ2) is 6.50. The van der Waals surface area contributed by atoms with Gasteiger partial charge in [-0.15, -0.1) is 0 Å². The van der Waals surface area contributed by atoms with Crippen molar-refractivity contribution >= 4 is 17.2 Å². The van der Waals surface area contributed by atoms with Gasteiger partial charge in [-0.1, -0.05) is 19.3 Å². The molecule has 4 nitrogen and oxygen atoms in total. The SMILES string of the molecule is NC1(CC(=O)NCC(O)c2ccsc2)CCCCC1. The maximum atomic E-state index is 11.9. The summed E-state index contributed by atoms with van der Waals surface area (Å²) in [5.41, 5.74) is 6.75. The lowest BCUT2D eigenvalue weighted by Crippen LogP contribution is -2.46. The first-order valence-electron chi connectivity index (χ1n) is 6.85. The zero-order valence-corrected chi connectivity index (χ0v) is 11.9. The number of aliphatic hydroxyl groups excluding tert-OH is 1. The Kier molecular flexibility index (Phi) is 4.96. The van der Waals surface area contributed by atoms with Crippen LogP contribution in [-0.2, 0) is 4.79 Å². The predicted molar refractivity (Wildman–Crippen MR) is 76.9 cm³/mol. The van der Waals surface area contributed by atoms with Gasteiger partial charge in [-0.3, -0.25) is 4.79 Å². The Hall–Kier alpha value is -0.910. The van der Waals surface area contributed by atoms with E-state index in [4.69, 9.17) is 5.73 Å². The minimum atomic E-state index is -0.629. The number of thiophene rings is 1. The number of carbonyl (C=O) groups is 1. The molecule has 0 radical (unpaired) electrons. The van der Waals surface area contributed by atoms with Crippen molar-refractivity contribution in [1.29, 1.82) is 0 Å². The summed E-state index contributed by atoms with van der Waals surface area (Å²) in [6.07, 6.45) is 5.03. The molecular weight excluding hydrogens is 260 g/mol. The molecule has 1 aliphatic rings. The van der Waals surface area contributed by atoms with Crippen molar-refractivity contribution in [2.75, 3.05) is 6.54 Å². The van der Waals surface area contributed by atoms with E-state index in [1.165, 1.54) is 17.8 Å². The van der Waals surface area contributed by atoms with Crippen LogP contribution in [0.15, 0.2) is 16.8 Å². The van der Waals surface area contributed by atoms with Crippen molar-refractivity contribution in [1.82, 2.24) is 5.32 Å². The average Bonchev–Trinajstić information content (AvgIpc) is 2.90. The van der Waals surface area contributed by atoms with Gasteiger partial charge in [-0.25, -0.2) is 0 Å². The Bertz CT molecular complexity index is 400. The maximum absolute atomic E-state index is 11.9. The van der Waals surface area contributed by atoms with Crippen molar-refractivity contribution < 1.29 is 9.90 Å². The van der Waals surface area contributed by atoms with Gasteiger partial charge in [-0.2, -0.15) is 11.3 Å². The molecule has 0 bridgehead atoms. The van der Waals surface area contributed by atoms with Crippen molar-refractivity contribution in [2.45, 2.75) is 50.2 Å². The zero-order chi connectivity index (χ0) is 13.7. The highest BCUT2D eigenvalue weighted by Crippen LogP contribution is 2.28. The van der Waals surface area contributed by atoms with E-state index in [9.17, 15) is 9.90 Å². The fourth-order valence-electron chi connectivity index (χ4n) is 2.61. The first kappa shape index (κ1) is 14.5. The van der Waals surface area contributed by atoms with E-state index >= 15 is 0 Å². The Balaban J connectivity index is 1.75. The average molecular weight is 282 g/mol. The highest BCUT2D eigenvalue weighted by molar-refractivity contribution is 7.07. The summed E-state index contributed by atoms with van der Waals surface area (Å²) < 4.78 is 0. The van der Waals surface area contributed by atoms with Crippen LogP contribution in [0.3, 0.4) is 0 Å². The van der Waals surface area contributed by atoms with Crippen LogP contribution in [0.1, 0.15) is 50.2 Å². The van der Waals surface area contributed by atoms with Crippen LogP contribution in [0.4, 0.5) is 0 Å². The van der Waals surface area contributed by atoms with Crippen LogP contribution in [0, 0.1) is 0 Å². The number of rotatable bonds is 5. The highest BCUT2D eigenvalue weighted by atomic mass is 32.1. The van der Waals surface area contributed by atoms with E-state index < -0.39 is 6.10 Å². The third-order valence-corrected chi connectivity index (χ3v) is 4.48. The van der Waals surface area contributed by atoms with Gasteiger partial charge in [0.25, 0.3) is 0 Å². The summed E-state index contributed by atoms with van der Waals surface area (Å²) in [6, 6.07) is 1.87. The van der Waals surface area contributed by atoms with Gasteiger partial charge in [0.1, 0.15) is 0 Å². The molecule has 2 rings (SSSR count). The smallest absolute Gasteiger partial charge is 0.221 e. The van der Waals surface area contributed by atoms with Gasteiger partial charge in [0.15, 0.2) is 0 Å². The van der Waals surface area contributed by atoms with Gasteiger partial charge in [0.05, 0.1) is 6.10 Å². The number of aliphatic hydroxyl groups is 1. The van der Waals surface area contributed by atoms with Crippen LogP contribution in [0.25, 0.3) is 0 Å². The Labute approximate surface area is 118 Å². The minimum absolute atomic E-state index is 0.0568. The Morgan fingerprint density at radius 2 is 2.21 bits per heavy atom. The summed E-state index contributed by atoms with van der Waals surface area (Å²) in [5, 5.41) is 16.5. The second-order valence-corrected chi connectivity index (χ2v) is 6.26. The van der Waals surface area contributed by atoms with E-state index in [-0.39, 0.29) is 18.0 Å². The van der Waals surface area contributed by atoms with Crippen LogP contribution in [0.2, 0.25) is 0 Å². The molecule has 0 aliphatic heterocycles. The topological polar surface area (TPSA) is 75.4 Å². The lowest BCUT2D eigenvalue weighted by atomic mass is 9.80. The van der Waals surface area contributed by atoms with E-state index in [1.54, 1.807) is 0 Å². The van der Waals surface area contributed by atoms with Crippen LogP contribution in [0.5, 0.6) is 0 Å². The molecule has 4 N–H and O–H groups in total. The number of nitrogens with two attached hydrogens (primary N) is 1. The largest absolute Gasteiger partial charge is 0.387 e. The van der Waals surface area contributed by atoms with Crippen molar-refractivity contribution in [3.8, 4) is 0 Å². The van der Waals surface area contributed by atoms with Crippen LogP contribution >= 0.6 is 11.3 Å². The second-order valence-electron chi connectivity index (χ2n) is 5.48. The fraction of sp³-hybridized carbons (Fsp3) is 0.643. The standard InChI is InChI=1S/C14H22N2O2S/c15-14(5-2-1-3-6-14)8-13(18)16-9-12(17)11-4-7-19-10-11/h4,7,10,12,17H,1-3,5-6,8-9,15H2,(H,16,18). The predicted octanol–water partition coefficient (Wildman–Crippen LogP) is 1.95. The molecule has 1 amide bonds. The fourth-order valence-corrected chi connectivity index (χ4v) is 3.31. The molecule has 106 valence electrons. The molecule has 1 fully saturated rings. The molecule has 1 aliphatic carbocycles. The monoisotopic (exact) mass is 282 g/mol. The van der Waals surface area contributed by atoms with Gasteiger partial charge >= 0.3 is 0 Å². The maximum Gasteiger partial charge on any atom is 0.221 e. The first-order valence-corrected chi connectivity index (χ1v) is 7.79.